The van der Waals surface area contributed by atoms with Crippen LogP contribution in [-0.2, 0) is 28.6 Å². The molecule has 0 saturated heterocycles. The summed E-state index contributed by atoms with van der Waals surface area (Å²) in [5, 5.41) is 11.6. The van der Waals surface area contributed by atoms with Gasteiger partial charge < -0.3 is 28.6 Å². The van der Waals surface area contributed by atoms with Crippen molar-refractivity contribution in [1.29, 1.82) is 0 Å². The minimum absolute atomic E-state index is 0.0427. The van der Waals surface area contributed by atoms with Crippen molar-refractivity contribution >= 4 is 17.9 Å². The SMILES string of the molecule is CCCCC/C=C\CCCCCCCC(=O)OC(COCCC(C(=O)[O-])[N+](C)(C)C)COC(=O)CCCCCCCCCCCCCCCCCCCC. The molecule has 0 heterocycles. The first kappa shape index (κ1) is 52.1. The Balaban J connectivity index is 4.26. The van der Waals surface area contributed by atoms with Gasteiger partial charge in [0.05, 0.1) is 40.3 Å². The van der Waals surface area contributed by atoms with Gasteiger partial charge in [0, 0.05) is 19.3 Å². The van der Waals surface area contributed by atoms with Gasteiger partial charge in [0.1, 0.15) is 12.6 Å². The number of hydrogen-bond donors (Lipinski definition) is 0. The number of rotatable bonds is 41. The van der Waals surface area contributed by atoms with E-state index in [1.807, 2.05) is 0 Å². The van der Waals surface area contributed by atoms with Crippen molar-refractivity contribution in [3.05, 3.63) is 12.2 Å². The second kappa shape index (κ2) is 38.0. The number of likely N-dealkylation sites (N-methyl/N-ethyl adjacent to an activating group) is 1. The largest absolute Gasteiger partial charge is 0.544 e. The average molecular weight is 766 g/mol. The summed E-state index contributed by atoms with van der Waals surface area (Å²) in [6, 6.07) is -0.722. The lowest BCUT2D eigenvalue weighted by atomic mass is 10.0. The number of esters is 2. The summed E-state index contributed by atoms with van der Waals surface area (Å²) < 4.78 is 17.2. The lowest BCUT2D eigenvalue weighted by molar-refractivity contribution is -0.889. The van der Waals surface area contributed by atoms with Crippen molar-refractivity contribution in [2.75, 3.05) is 41.0 Å². The van der Waals surface area contributed by atoms with Crippen molar-refractivity contribution in [3.8, 4) is 0 Å². The molecule has 0 fully saturated rings. The third-order valence-electron chi connectivity index (χ3n) is 10.4. The number of ether oxygens (including phenoxy) is 3. The molecule has 0 bridgehead atoms. The van der Waals surface area contributed by atoms with Crippen LogP contribution in [0, 0.1) is 0 Å². The molecule has 0 aromatic rings. The molecule has 318 valence electrons. The normalized spacial score (nSPS) is 13.0. The average Bonchev–Trinajstić information content (AvgIpc) is 3.12. The predicted molar refractivity (Wildman–Crippen MR) is 222 cm³/mol. The summed E-state index contributed by atoms with van der Waals surface area (Å²) in [5.41, 5.74) is 0. The van der Waals surface area contributed by atoms with Crippen molar-refractivity contribution in [3.63, 3.8) is 0 Å². The first-order chi connectivity index (χ1) is 26.1. The molecule has 0 spiro atoms. The topological polar surface area (TPSA) is 102 Å². The molecule has 2 atom stereocenters. The molecule has 0 aliphatic carbocycles. The molecule has 8 nitrogen and oxygen atoms in total. The number of quaternary nitrogens is 1. The molecule has 0 rings (SSSR count). The van der Waals surface area contributed by atoms with Gasteiger partial charge in [-0.15, -0.1) is 0 Å². The van der Waals surface area contributed by atoms with Crippen molar-refractivity contribution in [2.24, 2.45) is 0 Å². The van der Waals surface area contributed by atoms with Crippen LogP contribution in [0.2, 0.25) is 0 Å². The summed E-state index contributed by atoms with van der Waals surface area (Å²) in [4.78, 5) is 36.8. The highest BCUT2D eigenvalue weighted by Crippen LogP contribution is 2.16. The quantitative estimate of drug-likeness (QED) is 0.0264. The first-order valence-electron chi connectivity index (χ1n) is 22.7. The number of aliphatic carboxylic acids is 1. The Hall–Kier alpha value is -1.93. The van der Waals surface area contributed by atoms with E-state index in [4.69, 9.17) is 14.2 Å². The Labute approximate surface area is 333 Å². The lowest BCUT2D eigenvalue weighted by Gasteiger charge is -2.34. The van der Waals surface area contributed by atoms with Crippen molar-refractivity contribution in [2.45, 2.75) is 225 Å². The molecule has 54 heavy (non-hydrogen) atoms. The van der Waals surface area contributed by atoms with E-state index in [1.54, 1.807) is 21.1 Å². The summed E-state index contributed by atoms with van der Waals surface area (Å²) in [5.74, 6) is -1.73. The molecule has 0 aromatic heterocycles. The van der Waals surface area contributed by atoms with Crippen LogP contribution in [0.25, 0.3) is 0 Å². The fourth-order valence-corrected chi connectivity index (χ4v) is 6.83. The molecule has 0 aliphatic heterocycles. The molecule has 8 heteroatoms. The van der Waals surface area contributed by atoms with Crippen LogP contribution in [0.15, 0.2) is 12.2 Å². The molecular formula is C46H87NO7. The lowest BCUT2D eigenvalue weighted by Crippen LogP contribution is -2.55. The van der Waals surface area contributed by atoms with Gasteiger partial charge in [-0.3, -0.25) is 9.59 Å². The predicted octanol–water partition coefficient (Wildman–Crippen LogP) is 11.0. The Kier molecular flexibility index (Phi) is 36.6. The number of allylic oxidation sites excluding steroid dienone is 2. The Bertz CT molecular complexity index is 900. The number of unbranched alkanes of at least 4 members (excludes halogenated alkanes) is 25. The summed E-state index contributed by atoms with van der Waals surface area (Å²) >= 11 is 0. The molecule has 0 aromatic carbocycles. The highest BCUT2D eigenvalue weighted by molar-refractivity contribution is 5.70. The van der Waals surface area contributed by atoms with Gasteiger partial charge >= 0.3 is 11.9 Å². The summed E-state index contributed by atoms with van der Waals surface area (Å²) in [6.07, 6.45) is 39.5. The van der Waals surface area contributed by atoms with Crippen LogP contribution >= 0.6 is 0 Å². The Morgan fingerprint density at radius 3 is 1.37 bits per heavy atom. The monoisotopic (exact) mass is 766 g/mol. The molecular weight excluding hydrogens is 679 g/mol. The zero-order valence-electron chi connectivity index (χ0n) is 36.2. The van der Waals surface area contributed by atoms with Crippen LogP contribution in [0.3, 0.4) is 0 Å². The third kappa shape index (κ3) is 35.8. The standard InChI is InChI=1S/C46H87NO7/c1-6-8-10-12-14-16-18-20-21-22-23-24-25-27-28-30-32-34-36-44(48)53-41-42(40-52-39-38-43(46(50)51)47(3,4)5)54-45(49)37-35-33-31-29-26-19-17-15-13-11-9-7-2/h15,17,42-43H,6-14,16,18-41H2,1-5H3/b17-15-. The van der Waals surface area contributed by atoms with Gasteiger partial charge in [-0.05, 0) is 38.5 Å². The summed E-state index contributed by atoms with van der Waals surface area (Å²) in [7, 11) is 5.41. The van der Waals surface area contributed by atoms with Crippen LogP contribution in [0.5, 0.6) is 0 Å². The maximum Gasteiger partial charge on any atom is 0.306 e. The van der Waals surface area contributed by atoms with E-state index < -0.39 is 18.1 Å². The number of carboxylic acids is 1. The molecule has 0 N–H and O–H groups in total. The Morgan fingerprint density at radius 1 is 0.537 bits per heavy atom. The van der Waals surface area contributed by atoms with Crippen molar-refractivity contribution < 1.29 is 38.2 Å². The third-order valence-corrected chi connectivity index (χ3v) is 10.4. The molecule has 0 radical (unpaired) electrons. The van der Waals surface area contributed by atoms with E-state index in [0.717, 1.165) is 51.4 Å². The number of carboxylic acid groups (broad SMARTS) is 1. The van der Waals surface area contributed by atoms with Crippen LogP contribution in [-0.4, -0.2) is 75.5 Å². The highest BCUT2D eigenvalue weighted by Gasteiger charge is 2.25. The van der Waals surface area contributed by atoms with Gasteiger partial charge in [-0.1, -0.05) is 167 Å². The fraction of sp³-hybridized carbons (Fsp3) is 0.891. The smallest absolute Gasteiger partial charge is 0.306 e. The second-order valence-corrected chi connectivity index (χ2v) is 16.6. The van der Waals surface area contributed by atoms with Gasteiger partial charge in [-0.25, -0.2) is 0 Å². The first-order valence-corrected chi connectivity index (χ1v) is 22.7. The molecule has 0 amide bonds. The number of carbonyl (C=O) groups is 3. The zero-order valence-corrected chi connectivity index (χ0v) is 36.2. The van der Waals surface area contributed by atoms with Gasteiger partial charge in [-0.2, -0.15) is 0 Å². The second-order valence-electron chi connectivity index (χ2n) is 16.6. The van der Waals surface area contributed by atoms with E-state index in [2.05, 4.69) is 26.0 Å². The zero-order chi connectivity index (χ0) is 40.0. The number of nitrogens with zero attached hydrogens (tertiary/aromatic N) is 1. The minimum Gasteiger partial charge on any atom is -0.544 e. The molecule has 0 aliphatic rings. The van der Waals surface area contributed by atoms with Crippen LogP contribution in [0.1, 0.15) is 213 Å². The molecule has 0 saturated carbocycles. The highest BCUT2D eigenvalue weighted by atomic mass is 16.6. The van der Waals surface area contributed by atoms with Crippen LogP contribution < -0.4 is 5.11 Å². The van der Waals surface area contributed by atoms with E-state index >= 15 is 0 Å². The van der Waals surface area contributed by atoms with Crippen molar-refractivity contribution in [1.82, 2.24) is 0 Å². The number of hydrogen-bond acceptors (Lipinski definition) is 7. The fourth-order valence-electron chi connectivity index (χ4n) is 6.83. The minimum atomic E-state index is -1.12. The number of carbonyl (C=O) groups excluding carboxylic acids is 3. The van der Waals surface area contributed by atoms with E-state index in [1.165, 1.54) is 128 Å². The van der Waals surface area contributed by atoms with Gasteiger partial charge in [0.2, 0.25) is 0 Å². The maximum absolute atomic E-state index is 12.7. The van der Waals surface area contributed by atoms with Crippen LogP contribution in [0.4, 0.5) is 0 Å². The van der Waals surface area contributed by atoms with E-state index in [9.17, 15) is 19.5 Å². The maximum atomic E-state index is 12.7. The molecule has 2 unspecified atom stereocenters. The van der Waals surface area contributed by atoms with Gasteiger partial charge in [0.15, 0.2) is 6.10 Å². The summed E-state index contributed by atoms with van der Waals surface area (Å²) in [6.45, 7) is 4.65. The van der Waals surface area contributed by atoms with E-state index in [0.29, 0.717) is 12.8 Å². The Morgan fingerprint density at radius 2 is 0.926 bits per heavy atom. The van der Waals surface area contributed by atoms with Gasteiger partial charge in [0.25, 0.3) is 0 Å². The van der Waals surface area contributed by atoms with E-state index in [-0.39, 0.29) is 42.7 Å².